The van der Waals surface area contributed by atoms with Crippen molar-refractivity contribution in [1.29, 1.82) is 0 Å². The van der Waals surface area contributed by atoms with E-state index in [0.717, 1.165) is 36.9 Å². The molecule has 134 valence electrons. The fourth-order valence-electron chi connectivity index (χ4n) is 4.79. The minimum Gasteiger partial charge on any atom is -0.381 e. The van der Waals surface area contributed by atoms with Crippen molar-refractivity contribution >= 4 is 0 Å². The first kappa shape index (κ1) is 19.0. The van der Waals surface area contributed by atoms with Crippen molar-refractivity contribution in [3.63, 3.8) is 0 Å². The molecule has 0 saturated heterocycles. The third kappa shape index (κ3) is 6.99. The minimum absolute atomic E-state index is 0.859. The van der Waals surface area contributed by atoms with Crippen LogP contribution in [0.4, 0.5) is 0 Å². The van der Waals surface area contributed by atoms with E-state index in [9.17, 15) is 0 Å². The summed E-state index contributed by atoms with van der Waals surface area (Å²) < 4.78 is 5.62. The number of ether oxygens (including phenoxy) is 1. The van der Waals surface area contributed by atoms with Crippen molar-refractivity contribution in [3.8, 4) is 0 Å². The van der Waals surface area contributed by atoms with E-state index in [0.29, 0.717) is 0 Å². The maximum Gasteiger partial charge on any atom is 0.0494 e. The average molecular weight is 321 g/mol. The van der Waals surface area contributed by atoms with Crippen LogP contribution in [-0.4, -0.2) is 13.2 Å². The molecule has 2 rings (SSSR count). The second-order valence-electron chi connectivity index (χ2n) is 8.06. The first-order chi connectivity index (χ1) is 11.3. The summed E-state index contributed by atoms with van der Waals surface area (Å²) >= 11 is 0. The van der Waals surface area contributed by atoms with Gasteiger partial charge in [0.15, 0.2) is 0 Å². The van der Waals surface area contributed by atoms with E-state index >= 15 is 0 Å². The van der Waals surface area contributed by atoms with E-state index in [1.165, 1.54) is 77.0 Å². The highest BCUT2D eigenvalue weighted by Crippen LogP contribution is 2.42. The second-order valence-corrected chi connectivity index (χ2v) is 8.06. The third-order valence-corrected chi connectivity index (χ3v) is 6.37. The summed E-state index contributed by atoms with van der Waals surface area (Å²) in [7, 11) is 0. The Balaban J connectivity index is 1.58. The fourth-order valence-corrected chi connectivity index (χ4v) is 4.79. The Hall–Kier alpha value is -0.300. The molecule has 0 aromatic carbocycles. The quantitative estimate of drug-likeness (QED) is 0.426. The summed E-state index contributed by atoms with van der Waals surface area (Å²) in [6, 6.07) is 0. The first-order valence-electron chi connectivity index (χ1n) is 10.6. The lowest BCUT2D eigenvalue weighted by Crippen LogP contribution is -2.27. The summed E-state index contributed by atoms with van der Waals surface area (Å²) in [6.45, 7) is 6.28. The van der Waals surface area contributed by atoms with Crippen LogP contribution in [0.15, 0.2) is 12.2 Å². The van der Waals surface area contributed by atoms with Crippen LogP contribution in [0.2, 0.25) is 0 Å². The Labute approximate surface area is 145 Å². The summed E-state index contributed by atoms with van der Waals surface area (Å²) in [6.07, 6.45) is 22.0. The molecule has 0 radical (unpaired) electrons. The molecule has 23 heavy (non-hydrogen) atoms. The molecule has 0 amide bonds. The van der Waals surface area contributed by atoms with E-state index in [1.54, 1.807) is 0 Å². The zero-order valence-electron chi connectivity index (χ0n) is 15.8. The molecule has 0 aromatic rings. The van der Waals surface area contributed by atoms with Crippen molar-refractivity contribution in [3.05, 3.63) is 12.2 Å². The van der Waals surface area contributed by atoms with Gasteiger partial charge in [0, 0.05) is 13.2 Å². The van der Waals surface area contributed by atoms with E-state index < -0.39 is 0 Å². The molecule has 0 unspecified atom stereocenters. The highest BCUT2D eigenvalue weighted by molar-refractivity contribution is 4.85. The summed E-state index contributed by atoms with van der Waals surface area (Å²) in [5, 5.41) is 0. The molecule has 0 aromatic heterocycles. The van der Waals surface area contributed by atoms with Gasteiger partial charge in [-0.15, -0.1) is 0 Å². The zero-order valence-corrected chi connectivity index (χ0v) is 15.8. The number of hydrogen-bond acceptors (Lipinski definition) is 1. The lowest BCUT2D eigenvalue weighted by atomic mass is 9.69. The van der Waals surface area contributed by atoms with Crippen LogP contribution >= 0.6 is 0 Å². The largest absolute Gasteiger partial charge is 0.381 e. The van der Waals surface area contributed by atoms with Gasteiger partial charge in [-0.25, -0.2) is 0 Å². The first-order valence-corrected chi connectivity index (χ1v) is 10.6. The maximum atomic E-state index is 5.62. The summed E-state index contributed by atoms with van der Waals surface area (Å²) in [5.74, 6) is 3.97. The molecule has 2 aliphatic carbocycles. The van der Waals surface area contributed by atoms with Crippen molar-refractivity contribution in [2.24, 2.45) is 23.7 Å². The van der Waals surface area contributed by atoms with Gasteiger partial charge in [-0.2, -0.15) is 0 Å². The molecule has 0 atom stereocenters. The van der Waals surface area contributed by atoms with Crippen LogP contribution < -0.4 is 0 Å². The predicted octanol–water partition coefficient (Wildman–Crippen LogP) is 6.77. The van der Waals surface area contributed by atoms with Crippen molar-refractivity contribution in [2.45, 2.75) is 90.9 Å². The average Bonchev–Trinajstić information content (AvgIpc) is 2.61. The summed E-state index contributed by atoms with van der Waals surface area (Å²) in [4.78, 5) is 0. The van der Waals surface area contributed by atoms with Crippen LogP contribution in [0.3, 0.4) is 0 Å². The van der Waals surface area contributed by atoms with E-state index in [1.807, 2.05) is 0 Å². The fraction of sp³-hybridized carbons (Fsp3) is 0.909. The molecular weight excluding hydrogens is 280 g/mol. The monoisotopic (exact) mass is 320 g/mol. The normalized spacial score (nSPS) is 32.4. The highest BCUT2D eigenvalue weighted by Gasteiger charge is 2.30. The van der Waals surface area contributed by atoms with Crippen LogP contribution in [0.5, 0.6) is 0 Å². The Morgan fingerprint density at radius 1 is 0.739 bits per heavy atom. The molecule has 2 fully saturated rings. The SMILES string of the molecule is CCC/C=C/CCC1CCC(C2CCC(COCC)CC2)CC1. The molecule has 0 heterocycles. The molecule has 0 aliphatic heterocycles. The zero-order chi connectivity index (χ0) is 16.3. The van der Waals surface area contributed by atoms with E-state index in [2.05, 4.69) is 26.0 Å². The van der Waals surface area contributed by atoms with Gasteiger partial charge in [0.2, 0.25) is 0 Å². The van der Waals surface area contributed by atoms with Crippen LogP contribution in [0, 0.1) is 23.7 Å². The molecule has 2 aliphatic rings. The van der Waals surface area contributed by atoms with Crippen molar-refractivity contribution in [1.82, 2.24) is 0 Å². The van der Waals surface area contributed by atoms with Gasteiger partial charge in [0.25, 0.3) is 0 Å². The van der Waals surface area contributed by atoms with Crippen LogP contribution in [0.1, 0.15) is 90.9 Å². The standard InChI is InChI=1S/C22H40O/c1-3-5-6-7-8-9-19-10-14-21(15-11-19)22-16-12-20(13-17-22)18-23-4-2/h6-7,19-22H,3-5,8-18H2,1-2H3/b7-6+. The van der Waals surface area contributed by atoms with E-state index in [-0.39, 0.29) is 0 Å². The second kappa shape index (κ2) is 11.3. The predicted molar refractivity (Wildman–Crippen MR) is 101 cm³/mol. The lowest BCUT2D eigenvalue weighted by molar-refractivity contribution is 0.0711. The molecule has 2 saturated carbocycles. The minimum atomic E-state index is 0.859. The van der Waals surface area contributed by atoms with Crippen LogP contribution in [-0.2, 0) is 4.74 Å². The van der Waals surface area contributed by atoms with E-state index in [4.69, 9.17) is 4.74 Å². The highest BCUT2D eigenvalue weighted by atomic mass is 16.5. The van der Waals surface area contributed by atoms with Crippen LogP contribution in [0.25, 0.3) is 0 Å². The van der Waals surface area contributed by atoms with Gasteiger partial charge in [-0.1, -0.05) is 38.3 Å². The topological polar surface area (TPSA) is 9.23 Å². The number of rotatable bonds is 9. The number of unbranched alkanes of at least 4 members (excludes halogenated alkanes) is 1. The number of hydrogen-bond donors (Lipinski definition) is 0. The molecule has 0 bridgehead atoms. The smallest absolute Gasteiger partial charge is 0.0494 e. The van der Waals surface area contributed by atoms with Gasteiger partial charge in [-0.3, -0.25) is 0 Å². The van der Waals surface area contributed by atoms with Gasteiger partial charge in [-0.05, 0) is 88.4 Å². The Morgan fingerprint density at radius 3 is 1.87 bits per heavy atom. The molecule has 0 spiro atoms. The summed E-state index contributed by atoms with van der Waals surface area (Å²) in [5.41, 5.74) is 0. The van der Waals surface area contributed by atoms with Gasteiger partial charge in [0.1, 0.15) is 0 Å². The third-order valence-electron chi connectivity index (χ3n) is 6.37. The molecule has 1 nitrogen and oxygen atoms in total. The lowest BCUT2D eigenvalue weighted by Gasteiger charge is -2.37. The van der Waals surface area contributed by atoms with Gasteiger partial charge < -0.3 is 4.74 Å². The Bertz CT molecular complexity index is 306. The Morgan fingerprint density at radius 2 is 1.30 bits per heavy atom. The van der Waals surface area contributed by atoms with Crippen molar-refractivity contribution in [2.75, 3.05) is 13.2 Å². The number of allylic oxidation sites excluding steroid dienone is 2. The van der Waals surface area contributed by atoms with Gasteiger partial charge in [0.05, 0.1) is 0 Å². The molecule has 1 heteroatoms. The maximum absolute atomic E-state index is 5.62. The molecular formula is C22H40O. The molecule has 0 N–H and O–H groups in total. The van der Waals surface area contributed by atoms with Gasteiger partial charge >= 0.3 is 0 Å². The Kier molecular flexibility index (Phi) is 9.34. The van der Waals surface area contributed by atoms with Crippen molar-refractivity contribution < 1.29 is 4.74 Å².